The predicted octanol–water partition coefficient (Wildman–Crippen LogP) is 3.17. The molecule has 2 amide bonds. The third kappa shape index (κ3) is 6.04. The standard InChI is InChI=1S/C20H20Cl2N2O4/c21-14-1-5-17(6-2-14)27-12-19(25)23-16-9-10-24(11-16)20(26)13-28-18-7-3-15(22)4-8-18/h1-8,16H,9-13H2,(H,23,25). The Balaban J connectivity index is 1.38. The Morgan fingerprint density at radius 2 is 1.46 bits per heavy atom. The van der Waals surface area contributed by atoms with Crippen LogP contribution in [-0.4, -0.2) is 49.1 Å². The first-order chi connectivity index (χ1) is 13.5. The Morgan fingerprint density at radius 1 is 0.929 bits per heavy atom. The maximum Gasteiger partial charge on any atom is 0.260 e. The van der Waals surface area contributed by atoms with Crippen LogP contribution in [0.4, 0.5) is 0 Å². The zero-order valence-electron chi connectivity index (χ0n) is 15.1. The van der Waals surface area contributed by atoms with Gasteiger partial charge < -0.3 is 19.7 Å². The van der Waals surface area contributed by atoms with E-state index >= 15 is 0 Å². The van der Waals surface area contributed by atoms with E-state index in [0.29, 0.717) is 41.1 Å². The number of hydrogen-bond acceptors (Lipinski definition) is 4. The molecule has 0 bridgehead atoms. The largest absolute Gasteiger partial charge is 0.484 e. The average Bonchev–Trinajstić information content (AvgIpc) is 3.15. The highest BCUT2D eigenvalue weighted by molar-refractivity contribution is 6.30. The predicted molar refractivity (Wildman–Crippen MR) is 107 cm³/mol. The minimum atomic E-state index is -0.230. The van der Waals surface area contributed by atoms with Gasteiger partial charge in [0.2, 0.25) is 0 Å². The number of hydrogen-bond donors (Lipinski definition) is 1. The van der Waals surface area contributed by atoms with Gasteiger partial charge in [0, 0.05) is 29.2 Å². The van der Waals surface area contributed by atoms with Crippen LogP contribution in [0.2, 0.25) is 10.0 Å². The maximum atomic E-state index is 12.3. The molecule has 28 heavy (non-hydrogen) atoms. The minimum Gasteiger partial charge on any atom is -0.484 e. The van der Waals surface area contributed by atoms with E-state index in [1.54, 1.807) is 53.4 Å². The van der Waals surface area contributed by atoms with Crippen molar-refractivity contribution in [3.8, 4) is 11.5 Å². The minimum absolute atomic E-state index is 0.0536. The molecule has 1 N–H and O–H groups in total. The zero-order chi connectivity index (χ0) is 19.9. The lowest BCUT2D eigenvalue weighted by Crippen LogP contribution is -2.41. The van der Waals surface area contributed by atoms with Crippen LogP contribution < -0.4 is 14.8 Å². The quantitative estimate of drug-likeness (QED) is 0.743. The van der Waals surface area contributed by atoms with Gasteiger partial charge in [-0.15, -0.1) is 0 Å². The fraction of sp³-hybridized carbons (Fsp3) is 0.300. The van der Waals surface area contributed by atoms with Crippen LogP contribution in [0.25, 0.3) is 0 Å². The fourth-order valence-electron chi connectivity index (χ4n) is 2.82. The van der Waals surface area contributed by atoms with E-state index in [0.717, 1.165) is 0 Å². The van der Waals surface area contributed by atoms with Crippen molar-refractivity contribution in [1.82, 2.24) is 10.2 Å². The molecule has 0 saturated carbocycles. The molecule has 0 radical (unpaired) electrons. The van der Waals surface area contributed by atoms with Gasteiger partial charge in [-0.2, -0.15) is 0 Å². The number of benzene rings is 2. The Morgan fingerprint density at radius 3 is 2.04 bits per heavy atom. The van der Waals surface area contributed by atoms with E-state index in [9.17, 15) is 9.59 Å². The molecule has 0 spiro atoms. The van der Waals surface area contributed by atoms with E-state index < -0.39 is 0 Å². The number of carbonyl (C=O) groups is 2. The number of rotatable bonds is 7. The van der Waals surface area contributed by atoms with Gasteiger partial charge in [0.15, 0.2) is 13.2 Å². The summed E-state index contributed by atoms with van der Waals surface area (Å²) in [5.74, 6) is 0.805. The summed E-state index contributed by atoms with van der Waals surface area (Å²) >= 11 is 11.6. The monoisotopic (exact) mass is 422 g/mol. The van der Waals surface area contributed by atoms with E-state index in [-0.39, 0.29) is 31.1 Å². The number of likely N-dealkylation sites (tertiary alicyclic amines) is 1. The van der Waals surface area contributed by atoms with Crippen LogP contribution in [0, 0.1) is 0 Å². The lowest BCUT2D eigenvalue weighted by molar-refractivity contribution is -0.132. The van der Waals surface area contributed by atoms with Gasteiger partial charge in [0.25, 0.3) is 11.8 Å². The van der Waals surface area contributed by atoms with Crippen molar-refractivity contribution in [3.05, 3.63) is 58.6 Å². The zero-order valence-corrected chi connectivity index (χ0v) is 16.6. The second-order valence-corrected chi connectivity index (χ2v) is 7.25. The number of halogens is 2. The average molecular weight is 423 g/mol. The number of nitrogens with zero attached hydrogens (tertiary/aromatic N) is 1. The van der Waals surface area contributed by atoms with Gasteiger partial charge in [0.1, 0.15) is 11.5 Å². The molecule has 1 aliphatic rings. The van der Waals surface area contributed by atoms with Crippen LogP contribution in [0.3, 0.4) is 0 Å². The van der Waals surface area contributed by atoms with Gasteiger partial charge in [-0.25, -0.2) is 0 Å². The molecule has 3 rings (SSSR count). The van der Waals surface area contributed by atoms with E-state index in [1.165, 1.54) is 0 Å². The summed E-state index contributed by atoms with van der Waals surface area (Å²) in [5, 5.41) is 4.10. The van der Waals surface area contributed by atoms with Crippen LogP contribution in [0.15, 0.2) is 48.5 Å². The van der Waals surface area contributed by atoms with Crippen molar-refractivity contribution in [1.29, 1.82) is 0 Å². The summed E-state index contributed by atoms with van der Waals surface area (Å²) < 4.78 is 10.9. The van der Waals surface area contributed by atoms with Crippen molar-refractivity contribution in [3.63, 3.8) is 0 Å². The molecule has 6 nitrogen and oxygen atoms in total. The molecular formula is C20H20Cl2N2O4. The van der Waals surface area contributed by atoms with Gasteiger partial charge in [-0.05, 0) is 55.0 Å². The second kappa shape index (κ2) is 9.66. The first-order valence-corrected chi connectivity index (χ1v) is 9.59. The third-order valence-corrected chi connectivity index (χ3v) is 4.77. The Bertz CT molecular complexity index is 812. The highest BCUT2D eigenvalue weighted by Gasteiger charge is 2.27. The molecule has 1 heterocycles. The molecule has 1 fully saturated rings. The van der Waals surface area contributed by atoms with Crippen molar-refractivity contribution in [2.24, 2.45) is 0 Å². The molecule has 0 aromatic heterocycles. The fourth-order valence-corrected chi connectivity index (χ4v) is 3.07. The molecule has 1 atom stereocenters. The number of ether oxygens (including phenoxy) is 2. The molecule has 1 unspecified atom stereocenters. The highest BCUT2D eigenvalue weighted by atomic mass is 35.5. The lowest BCUT2D eigenvalue weighted by Gasteiger charge is -2.17. The first-order valence-electron chi connectivity index (χ1n) is 8.83. The van der Waals surface area contributed by atoms with Gasteiger partial charge in [0.05, 0.1) is 0 Å². The summed E-state index contributed by atoms with van der Waals surface area (Å²) in [7, 11) is 0. The molecule has 1 saturated heterocycles. The Labute approximate surface area is 173 Å². The summed E-state index contributed by atoms with van der Waals surface area (Å²) in [6.45, 7) is 0.884. The molecule has 148 valence electrons. The van der Waals surface area contributed by atoms with E-state index in [2.05, 4.69) is 5.32 Å². The number of nitrogens with one attached hydrogen (secondary N) is 1. The molecule has 2 aromatic rings. The smallest absolute Gasteiger partial charge is 0.260 e. The van der Waals surface area contributed by atoms with E-state index in [4.69, 9.17) is 32.7 Å². The Hall–Kier alpha value is -2.44. The summed E-state index contributed by atoms with van der Waals surface area (Å²) in [5.41, 5.74) is 0. The SMILES string of the molecule is O=C(COc1ccc(Cl)cc1)NC1CCN(C(=O)COc2ccc(Cl)cc2)C1. The molecule has 2 aromatic carbocycles. The number of amides is 2. The van der Waals surface area contributed by atoms with Crippen molar-refractivity contribution < 1.29 is 19.1 Å². The molecule has 1 aliphatic heterocycles. The highest BCUT2D eigenvalue weighted by Crippen LogP contribution is 2.17. The van der Waals surface area contributed by atoms with Crippen molar-refractivity contribution in [2.75, 3.05) is 26.3 Å². The first kappa shape index (κ1) is 20.3. The van der Waals surface area contributed by atoms with Crippen LogP contribution in [0.5, 0.6) is 11.5 Å². The van der Waals surface area contributed by atoms with Gasteiger partial charge in [-0.3, -0.25) is 9.59 Å². The molecular weight excluding hydrogens is 403 g/mol. The normalized spacial score (nSPS) is 15.9. The van der Waals surface area contributed by atoms with Crippen LogP contribution >= 0.6 is 23.2 Å². The lowest BCUT2D eigenvalue weighted by atomic mass is 10.2. The second-order valence-electron chi connectivity index (χ2n) is 6.38. The summed E-state index contributed by atoms with van der Waals surface area (Å²) in [6, 6.07) is 13.5. The number of carbonyl (C=O) groups excluding carboxylic acids is 2. The van der Waals surface area contributed by atoms with Crippen LogP contribution in [0.1, 0.15) is 6.42 Å². The van der Waals surface area contributed by atoms with Crippen molar-refractivity contribution >= 4 is 35.0 Å². The van der Waals surface area contributed by atoms with E-state index in [1.807, 2.05) is 0 Å². The summed E-state index contributed by atoms with van der Waals surface area (Å²) in [6.07, 6.45) is 0.694. The van der Waals surface area contributed by atoms with Gasteiger partial charge in [-0.1, -0.05) is 23.2 Å². The topological polar surface area (TPSA) is 67.9 Å². The summed E-state index contributed by atoms with van der Waals surface area (Å²) in [4.78, 5) is 26.0. The molecule has 0 aliphatic carbocycles. The van der Waals surface area contributed by atoms with Gasteiger partial charge >= 0.3 is 0 Å². The van der Waals surface area contributed by atoms with Crippen molar-refractivity contribution in [2.45, 2.75) is 12.5 Å². The third-order valence-electron chi connectivity index (χ3n) is 4.27. The molecule has 8 heteroatoms. The van der Waals surface area contributed by atoms with Crippen LogP contribution in [-0.2, 0) is 9.59 Å². The Kier molecular flexibility index (Phi) is 7.01. The maximum absolute atomic E-state index is 12.3.